The Bertz CT molecular complexity index is 269. The predicted molar refractivity (Wildman–Crippen MR) is 63.4 cm³/mol. The molecule has 0 amide bonds. The first-order valence-electron chi connectivity index (χ1n) is 5.50. The van der Waals surface area contributed by atoms with Crippen molar-refractivity contribution in [2.45, 2.75) is 19.8 Å². The topological polar surface area (TPSA) is 64.9 Å². The van der Waals surface area contributed by atoms with Crippen LogP contribution in [0.2, 0.25) is 0 Å². The Morgan fingerprint density at radius 2 is 1.67 bits per heavy atom. The lowest BCUT2D eigenvalue weighted by Crippen LogP contribution is -2.31. The Hall–Kier alpha value is -0.930. The summed E-state index contributed by atoms with van der Waals surface area (Å²) in [7, 11) is 0. The van der Waals surface area contributed by atoms with Gasteiger partial charge in [-0.1, -0.05) is 13.8 Å². The summed E-state index contributed by atoms with van der Waals surface area (Å²) in [6.07, 6.45) is 3.66. The fraction of sp³-hybridized carbons (Fsp3) is 0.583. The SMILES string of the molecule is CC(c1ccncc1)C(C)C(CN)CN. The lowest BCUT2D eigenvalue weighted by molar-refractivity contribution is 0.328. The summed E-state index contributed by atoms with van der Waals surface area (Å²) >= 11 is 0. The molecule has 15 heavy (non-hydrogen) atoms. The summed E-state index contributed by atoms with van der Waals surface area (Å²) in [6.45, 7) is 5.76. The van der Waals surface area contributed by atoms with Crippen LogP contribution >= 0.6 is 0 Å². The summed E-state index contributed by atoms with van der Waals surface area (Å²) in [5.74, 6) is 1.38. The van der Waals surface area contributed by atoms with Gasteiger partial charge in [-0.3, -0.25) is 4.98 Å². The fourth-order valence-electron chi connectivity index (χ4n) is 1.90. The van der Waals surface area contributed by atoms with Crippen molar-refractivity contribution in [3.05, 3.63) is 30.1 Å². The maximum atomic E-state index is 5.71. The molecule has 2 atom stereocenters. The maximum Gasteiger partial charge on any atom is 0.0270 e. The number of pyridine rings is 1. The van der Waals surface area contributed by atoms with Gasteiger partial charge in [0.2, 0.25) is 0 Å². The number of aromatic nitrogens is 1. The largest absolute Gasteiger partial charge is 0.330 e. The lowest BCUT2D eigenvalue weighted by Gasteiger charge is -2.27. The van der Waals surface area contributed by atoms with Crippen molar-refractivity contribution in [3.8, 4) is 0 Å². The molecule has 0 aliphatic heterocycles. The highest BCUT2D eigenvalue weighted by Crippen LogP contribution is 2.28. The van der Waals surface area contributed by atoms with Crippen LogP contribution in [0.1, 0.15) is 25.3 Å². The molecule has 0 aliphatic rings. The summed E-state index contributed by atoms with van der Waals surface area (Å²) in [4.78, 5) is 4.02. The average molecular weight is 207 g/mol. The van der Waals surface area contributed by atoms with Crippen molar-refractivity contribution < 1.29 is 0 Å². The van der Waals surface area contributed by atoms with E-state index in [4.69, 9.17) is 11.5 Å². The smallest absolute Gasteiger partial charge is 0.0270 e. The number of hydrogen-bond acceptors (Lipinski definition) is 3. The standard InChI is InChI=1S/C12H21N3/c1-9(10(2)12(7-13)8-14)11-3-5-15-6-4-11/h3-6,9-10,12H,7-8,13-14H2,1-2H3. The second-order valence-electron chi connectivity index (χ2n) is 4.16. The molecule has 3 nitrogen and oxygen atoms in total. The zero-order chi connectivity index (χ0) is 11.3. The van der Waals surface area contributed by atoms with Crippen LogP contribution < -0.4 is 11.5 Å². The molecule has 84 valence electrons. The quantitative estimate of drug-likeness (QED) is 0.766. The minimum atomic E-state index is 0.396. The molecule has 0 spiro atoms. The molecular formula is C12H21N3. The van der Waals surface area contributed by atoms with Gasteiger partial charge >= 0.3 is 0 Å². The number of nitrogens with two attached hydrogens (primary N) is 2. The minimum Gasteiger partial charge on any atom is -0.330 e. The number of hydrogen-bond donors (Lipinski definition) is 2. The highest BCUT2D eigenvalue weighted by molar-refractivity contribution is 5.15. The zero-order valence-corrected chi connectivity index (χ0v) is 9.56. The van der Waals surface area contributed by atoms with Crippen molar-refractivity contribution in [1.82, 2.24) is 4.98 Å². The summed E-state index contributed by atoms with van der Waals surface area (Å²) in [6, 6.07) is 4.12. The van der Waals surface area contributed by atoms with Crippen LogP contribution in [0.15, 0.2) is 24.5 Å². The molecule has 1 aromatic rings. The average Bonchev–Trinajstić information content (AvgIpc) is 2.30. The molecule has 0 saturated carbocycles. The molecule has 1 aromatic heterocycles. The van der Waals surface area contributed by atoms with Gasteiger partial charge in [-0.25, -0.2) is 0 Å². The summed E-state index contributed by atoms with van der Waals surface area (Å²) in [5, 5.41) is 0. The van der Waals surface area contributed by atoms with Crippen molar-refractivity contribution >= 4 is 0 Å². The van der Waals surface area contributed by atoms with Gasteiger partial charge in [0.25, 0.3) is 0 Å². The van der Waals surface area contributed by atoms with E-state index in [0.717, 1.165) is 0 Å². The maximum absolute atomic E-state index is 5.71. The predicted octanol–water partition coefficient (Wildman–Crippen LogP) is 1.35. The Morgan fingerprint density at radius 3 is 2.13 bits per heavy atom. The van der Waals surface area contributed by atoms with Crippen LogP contribution in [-0.4, -0.2) is 18.1 Å². The molecular weight excluding hydrogens is 186 g/mol. The van der Waals surface area contributed by atoms with Crippen molar-refractivity contribution in [2.75, 3.05) is 13.1 Å². The Kier molecular flexibility index (Phi) is 4.72. The zero-order valence-electron chi connectivity index (χ0n) is 9.56. The van der Waals surface area contributed by atoms with E-state index in [9.17, 15) is 0 Å². The first kappa shape index (κ1) is 12.1. The molecule has 0 aliphatic carbocycles. The third-order valence-corrected chi connectivity index (χ3v) is 3.37. The first-order valence-corrected chi connectivity index (χ1v) is 5.50. The van der Waals surface area contributed by atoms with Gasteiger partial charge in [0.1, 0.15) is 0 Å². The van der Waals surface area contributed by atoms with Crippen LogP contribution in [0.25, 0.3) is 0 Å². The third-order valence-electron chi connectivity index (χ3n) is 3.37. The van der Waals surface area contributed by atoms with Gasteiger partial charge < -0.3 is 11.5 Å². The monoisotopic (exact) mass is 207 g/mol. The second kappa shape index (κ2) is 5.83. The normalized spacial score (nSPS) is 15.3. The molecule has 0 fully saturated rings. The summed E-state index contributed by atoms with van der Waals surface area (Å²) in [5.41, 5.74) is 12.7. The summed E-state index contributed by atoms with van der Waals surface area (Å²) < 4.78 is 0. The molecule has 1 heterocycles. The number of rotatable bonds is 5. The van der Waals surface area contributed by atoms with Crippen LogP contribution in [0, 0.1) is 11.8 Å². The molecule has 0 bridgehead atoms. The van der Waals surface area contributed by atoms with E-state index in [1.807, 2.05) is 12.4 Å². The number of nitrogens with zero attached hydrogens (tertiary/aromatic N) is 1. The molecule has 4 N–H and O–H groups in total. The highest BCUT2D eigenvalue weighted by Gasteiger charge is 2.21. The van der Waals surface area contributed by atoms with Gasteiger partial charge in [0.05, 0.1) is 0 Å². The van der Waals surface area contributed by atoms with Crippen LogP contribution in [0.4, 0.5) is 0 Å². The van der Waals surface area contributed by atoms with E-state index < -0.39 is 0 Å². The molecule has 0 radical (unpaired) electrons. The van der Waals surface area contributed by atoms with E-state index in [1.54, 1.807) is 0 Å². The molecule has 3 heteroatoms. The second-order valence-corrected chi connectivity index (χ2v) is 4.16. The van der Waals surface area contributed by atoms with E-state index in [0.29, 0.717) is 30.8 Å². The van der Waals surface area contributed by atoms with Crippen molar-refractivity contribution in [2.24, 2.45) is 23.3 Å². The van der Waals surface area contributed by atoms with Gasteiger partial charge in [-0.2, -0.15) is 0 Å². The van der Waals surface area contributed by atoms with E-state index in [2.05, 4.69) is 31.0 Å². The van der Waals surface area contributed by atoms with Gasteiger partial charge in [0, 0.05) is 12.4 Å². The highest BCUT2D eigenvalue weighted by atomic mass is 14.6. The van der Waals surface area contributed by atoms with Crippen molar-refractivity contribution in [3.63, 3.8) is 0 Å². The van der Waals surface area contributed by atoms with Crippen molar-refractivity contribution in [1.29, 1.82) is 0 Å². The Morgan fingerprint density at radius 1 is 1.13 bits per heavy atom. The van der Waals surface area contributed by atoms with Crippen LogP contribution in [0.5, 0.6) is 0 Å². The van der Waals surface area contributed by atoms with Crippen LogP contribution in [0.3, 0.4) is 0 Å². The molecule has 0 saturated heterocycles. The van der Waals surface area contributed by atoms with Gasteiger partial charge in [0.15, 0.2) is 0 Å². The van der Waals surface area contributed by atoms with Gasteiger partial charge in [-0.15, -0.1) is 0 Å². The van der Waals surface area contributed by atoms with Crippen LogP contribution in [-0.2, 0) is 0 Å². The van der Waals surface area contributed by atoms with E-state index >= 15 is 0 Å². The lowest BCUT2D eigenvalue weighted by atomic mass is 9.80. The van der Waals surface area contributed by atoms with E-state index in [1.165, 1.54) is 5.56 Å². The Labute approximate surface area is 91.9 Å². The van der Waals surface area contributed by atoms with Gasteiger partial charge in [-0.05, 0) is 48.5 Å². The minimum absolute atomic E-state index is 0.396. The first-order chi connectivity index (χ1) is 7.20. The fourth-order valence-corrected chi connectivity index (χ4v) is 1.90. The third kappa shape index (κ3) is 3.01. The van der Waals surface area contributed by atoms with E-state index in [-0.39, 0.29) is 0 Å². The molecule has 0 aromatic carbocycles. The Balaban J connectivity index is 2.71. The molecule has 1 rings (SSSR count). The molecule has 2 unspecified atom stereocenters.